The van der Waals surface area contributed by atoms with E-state index in [4.69, 9.17) is 27.6 Å². The Labute approximate surface area is 162 Å². The Hall–Kier alpha value is -2.30. The lowest BCUT2D eigenvalue weighted by molar-refractivity contribution is -0.121. The molecule has 0 radical (unpaired) electrons. The standard InChI is InChI=1S/C20H18Cl2N2O2/c21-15-5-3-4-14(12-15)10-11-23-19(25)8-9-20-24-13-18(26-20)16-6-1-2-7-17(16)22/h1-7,12-13H,8-11H2,(H,23,25). The number of carbonyl (C=O) groups is 1. The molecule has 0 aliphatic carbocycles. The number of aryl methyl sites for hydroxylation is 1. The molecule has 0 spiro atoms. The third-order valence-electron chi connectivity index (χ3n) is 3.88. The minimum Gasteiger partial charge on any atom is -0.441 e. The molecule has 26 heavy (non-hydrogen) atoms. The molecule has 1 aromatic heterocycles. The van der Waals surface area contributed by atoms with Crippen LogP contribution in [0.15, 0.2) is 59.1 Å². The second-order valence-electron chi connectivity index (χ2n) is 5.83. The lowest BCUT2D eigenvalue weighted by Gasteiger charge is -2.05. The van der Waals surface area contributed by atoms with Crippen molar-refractivity contribution < 1.29 is 9.21 Å². The van der Waals surface area contributed by atoms with Gasteiger partial charge in [0.05, 0.1) is 11.2 Å². The van der Waals surface area contributed by atoms with E-state index in [0.717, 1.165) is 17.5 Å². The van der Waals surface area contributed by atoms with Crippen molar-refractivity contribution >= 4 is 29.1 Å². The summed E-state index contributed by atoms with van der Waals surface area (Å²) < 4.78 is 5.70. The number of amides is 1. The number of benzene rings is 2. The van der Waals surface area contributed by atoms with Crippen molar-refractivity contribution in [2.24, 2.45) is 0 Å². The number of nitrogens with one attached hydrogen (secondary N) is 1. The van der Waals surface area contributed by atoms with Crippen LogP contribution < -0.4 is 5.32 Å². The van der Waals surface area contributed by atoms with E-state index >= 15 is 0 Å². The molecule has 1 heterocycles. The third-order valence-corrected chi connectivity index (χ3v) is 4.45. The second kappa shape index (κ2) is 8.88. The summed E-state index contributed by atoms with van der Waals surface area (Å²) in [6, 6.07) is 15.0. The van der Waals surface area contributed by atoms with Crippen molar-refractivity contribution in [1.29, 1.82) is 0 Å². The average Bonchev–Trinajstić information content (AvgIpc) is 3.09. The Kier molecular flexibility index (Phi) is 6.31. The summed E-state index contributed by atoms with van der Waals surface area (Å²) in [5.74, 6) is 1.08. The number of nitrogens with zero attached hydrogens (tertiary/aromatic N) is 1. The Morgan fingerprint density at radius 2 is 1.92 bits per heavy atom. The van der Waals surface area contributed by atoms with Gasteiger partial charge in [-0.15, -0.1) is 0 Å². The lowest BCUT2D eigenvalue weighted by atomic mass is 10.1. The normalized spacial score (nSPS) is 10.7. The molecule has 6 heteroatoms. The maximum Gasteiger partial charge on any atom is 0.220 e. The Balaban J connectivity index is 1.45. The lowest BCUT2D eigenvalue weighted by Crippen LogP contribution is -2.25. The molecule has 134 valence electrons. The number of hydrogen-bond donors (Lipinski definition) is 1. The van der Waals surface area contributed by atoms with Gasteiger partial charge in [-0.05, 0) is 36.2 Å². The molecular formula is C20H18Cl2N2O2. The zero-order valence-corrected chi connectivity index (χ0v) is 15.6. The van der Waals surface area contributed by atoms with Crippen molar-refractivity contribution in [3.05, 3.63) is 76.2 Å². The number of oxazole rings is 1. The van der Waals surface area contributed by atoms with Crippen molar-refractivity contribution in [2.45, 2.75) is 19.3 Å². The van der Waals surface area contributed by atoms with Crippen LogP contribution >= 0.6 is 23.2 Å². The Morgan fingerprint density at radius 3 is 2.73 bits per heavy atom. The van der Waals surface area contributed by atoms with E-state index < -0.39 is 0 Å². The zero-order chi connectivity index (χ0) is 18.4. The fourth-order valence-electron chi connectivity index (χ4n) is 2.56. The van der Waals surface area contributed by atoms with Crippen LogP contribution in [-0.4, -0.2) is 17.4 Å². The first-order valence-corrected chi connectivity index (χ1v) is 9.08. The van der Waals surface area contributed by atoms with Gasteiger partial charge in [0.1, 0.15) is 0 Å². The highest BCUT2D eigenvalue weighted by molar-refractivity contribution is 6.33. The molecule has 0 saturated heterocycles. The molecule has 0 unspecified atom stereocenters. The van der Waals surface area contributed by atoms with Crippen molar-refractivity contribution in [3.63, 3.8) is 0 Å². The van der Waals surface area contributed by atoms with Gasteiger partial charge in [0, 0.05) is 30.0 Å². The van der Waals surface area contributed by atoms with Gasteiger partial charge < -0.3 is 9.73 Å². The Bertz CT molecular complexity index is 893. The smallest absolute Gasteiger partial charge is 0.220 e. The van der Waals surface area contributed by atoms with Gasteiger partial charge in [0.15, 0.2) is 11.7 Å². The molecule has 0 saturated carbocycles. The van der Waals surface area contributed by atoms with Crippen LogP contribution in [0.3, 0.4) is 0 Å². The summed E-state index contributed by atoms with van der Waals surface area (Å²) in [5, 5.41) is 4.20. The molecule has 3 aromatic rings. The highest BCUT2D eigenvalue weighted by Gasteiger charge is 2.11. The largest absolute Gasteiger partial charge is 0.441 e. The molecule has 1 amide bonds. The summed E-state index contributed by atoms with van der Waals surface area (Å²) in [4.78, 5) is 16.2. The van der Waals surface area contributed by atoms with Gasteiger partial charge in [-0.1, -0.05) is 47.5 Å². The maximum atomic E-state index is 12.0. The highest BCUT2D eigenvalue weighted by Crippen LogP contribution is 2.28. The van der Waals surface area contributed by atoms with Crippen LogP contribution in [0.2, 0.25) is 10.0 Å². The minimum atomic E-state index is -0.0375. The molecule has 0 atom stereocenters. The SMILES string of the molecule is O=C(CCc1ncc(-c2ccccc2Cl)o1)NCCc1cccc(Cl)c1. The predicted molar refractivity (Wildman–Crippen MR) is 103 cm³/mol. The van der Waals surface area contributed by atoms with Crippen LogP contribution in [0.4, 0.5) is 0 Å². The molecule has 3 rings (SSSR count). The monoisotopic (exact) mass is 388 g/mol. The first-order chi connectivity index (χ1) is 12.6. The molecule has 0 aliphatic heterocycles. The van der Waals surface area contributed by atoms with E-state index in [0.29, 0.717) is 41.1 Å². The second-order valence-corrected chi connectivity index (χ2v) is 6.67. The third kappa shape index (κ3) is 5.10. The van der Waals surface area contributed by atoms with Gasteiger partial charge in [0.2, 0.25) is 5.91 Å². The van der Waals surface area contributed by atoms with Gasteiger partial charge in [0.25, 0.3) is 0 Å². The van der Waals surface area contributed by atoms with Crippen LogP contribution in [0.1, 0.15) is 17.9 Å². The predicted octanol–water partition coefficient (Wildman–Crippen LogP) is 4.94. The number of rotatable bonds is 7. The maximum absolute atomic E-state index is 12.0. The average molecular weight is 389 g/mol. The van der Waals surface area contributed by atoms with E-state index in [9.17, 15) is 4.79 Å². The van der Waals surface area contributed by atoms with E-state index in [1.54, 1.807) is 12.3 Å². The summed E-state index contributed by atoms with van der Waals surface area (Å²) in [6.07, 6.45) is 3.13. The summed E-state index contributed by atoms with van der Waals surface area (Å²) in [7, 11) is 0. The first kappa shape index (κ1) is 18.5. The summed E-state index contributed by atoms with van der Waals surface area (Å²) in [6.45, 7) is 0.565. The van der Waals surface area contributed by atoms with Crippen molar-refractivity contribution in [1.82, 2.24) is 10.3 Å². The van der Waals surface area contributed by atoms with E-state index in [2.05, 4.69) is 10.3 Å². The summed E-state index contributed by atoms with van der Waals surface area (Å²) in [5.41, 5.74) is 1.88. The molecule has 4 nitrogen and oxygen atoms in total. The molecule has 0 aliphatic rings. The van der Waals surface area contributed by atoms with Gasteiger partial charge in [-0.25, -0.2) is 4.98 Å². The van der Waals surface area contributed by atoms with Crippen LogP contribution in [-0.2, 0) is 17.6 Å². The van der Waals surface area contributed by atoms with E-state index in [1.807, 2.05) is 42.5 Å². The zero-order valence-electron chi connectivity index (χ0n) is 14.0. The number of aromatic nitrogens is 1. The van der Waals surface area contributed by atoms with Crippen LogP contribution in [0.5, 0.6) is 0 Å². The van der Waals surface area contributed by atoms with E-state index in [1.165, 1.54) is 0 Å². The van der Waals surface area contributed by atoms with Crippen molar-refractivity contribution in [2.75, 3.05) is 6.54 Å². The highest BCUT2D eigenvalue weighted by atomic mass is 35.5. The number of hydrogen-bond acceptors (Lipinski definition) is 3. The minimum absolute atomic E-state index is 0.0375. The van der Waals surface area contributed by atoms with Crippen LogP contribution in [0.25, 0.3) is 11.3 Å². The first-order valence-electron chi connectivity index (χ1n) is 8.32. The quantitative estimate of drug-likeness (QED) is 0.623. The van der Waals surface area contributed by atoms with Gasteiger partial charge in [-0.2, -0.15) is 0 Å². The fraction of sp³-hybridized carbons (Fsp3) is 0.200. The number of halogens is 2. The molecule has 0 bridgehead atoms. The number of carbonyl (C=O) groups excluding carboxylic acids is 1. The van der Waals surface area contributed by atoms with Gasteiger partial charge in [-0.3, -0.25) is 4.79 Å². The molecular weight excluding hydrogens is 371 g/mol. The molecule has 1 N–H and O–H groups in total. The molecule has 2 aromatic carbocycles. The molecule has 0 fully saturated rings. The Morgan fingerprint density at radius 1 is 1.08 bits per heavy atom. The summed E-state index contributed by atoms with van der Waals surface area (Å²) >= 11 is 12.1. The van der Waals surface area contributed by atoms with Crippen molar-refractivity contribution in [3.8, 4) is 11.3 Å². The fourth-order valence-corrected chi connectivity index (χ4v) is 3.00. The van der Waals surface area contributed by atoms with E-state index in [-0.39, 0.29) is 5.91 Å². The van der Waals surface area contributed by atoms with Gasteiger partial charge >= 0.3 is 0 Å². The topological polar surface area (TPSA) is 55.1 Å². The van der Waals surface area contributed by atoms with Crippen LogP contribution in [0, 0.1) is 0 Å².